The second-order valence-electron chi connectivity index (χ2n) is 10.9. The summed E-state index contributed by atoms with van der Waals surface area (Å²) >= 11 is 0. The molecule has 3 saturated carbocycles. The molecule has 0 aliphatic heterocycles. The molecular weight excluding hydrogens is 378 g/mol. The van der Waals surface area contributed by atoms with Crippen LogP contribution in [0.15, 0.2) is 16.8 Å². The highest BCUT2D eigenvalue weighted by Gasteiger charge is 2.84. The highest BCUT2D eigenvalue weighted by Crippen LogP contribution is 2.82. The number of rotatable bonds is 8. The zero-order valence-corrected chi connectivity index (χ0v) is 19.1. The minimum Gasteiger partial charge on any atom is -0.481 e. The van der Waals surface area contributed by atoms with E-state index in [1.165, 1.54) is 0 Å². The van der Waals surface area contributed by atoms with Crippen molar-refractivity contribution in [3.63, 3.8) is 0 Å². The number of hydrogen-bond acceptors (Lipinski definition) is 4. The Bertz CT molecular complexity index is 788. The van der Waals surface area contributed by atoms with Gasteiger partial charge in [0.15, 0.2) is 0 Å². The third-order valence-electron chi connectivity index (χ3n) is 9.41. The second-order valence-corrected chi connectivity index (χ2v) is 10.9. The molecule has 5 nitrogen and oxygen atoms in total. The van der Waals surface area contributed by atoms with E-state index < -0.39 is 22.2 Å². The average molecular weight is 416 g/mol. The van der Waals surface area contributed by atoms with Gasteiger partial charge in [-0.25, -0.2) is 0 Å². The first-order valence-corrected chi connectivity index (χ1v) is 11.8. The number of nitrogens with zero attached hydrogens (tertiary/aromatic N) is 1. The van der Waals surface area contributed by atoms with Gasteiger partial charge in [-0.2, -0.15) is 0 Å². The van der Waals surface area contributed by atoms with Gasteiger partial charge in [0.2, 0.25) is 0 Å². The van der Waals surface area contributed by atoms with E-state index in [1.807, 2.05) is 6.21 Å². The topological polar surface area (TPSA) is 76.0 Å². The van der Waals surface area contributed by atoms with Gasteiger partial charge in [0.1, 0.15) is 18.3 Å². The van der Waals surface area contributed by atoms with E-state index in [1.54, 1.807) is 0 Å². The van der Waals surface area contributed by atoms with Crippen LogP contribution in [0.5, 0.6) is 0 Å². The van der Waals surface area contributed by atoms with Crippen LogP contribution in [0.4, 0.5) is 0 Å². The van der Waals surface area contributed by atoms with Crippen LogP contribution in [0.25, 0.3) is 0 Å². The van der Waals surface area contributed by atoms with E-state index in [0.29, 0.717) is 30.8 Å². The van der Waals surface area contributed by atoms with Gasteiger partial charge in [0.25, 0.3) is 0 Å². The number of carboxylic acid groups (broad SMARTS) is 1. The van der Waals surface area contributed by atoms with Crippen LogP contribution < -0.4 is 0 Å². The first-order valence-electron chi connectivity index (χ1n) is 11.8. The van der Waals surface area contributed by atoms with Gasteiger partial charge in [0.05, 0.1) is 11.6 Å². The molecule has 5 heteroatoms. The number of carbonyl (C=O) groups excluding carboxylic acids is 1. The van der Waals surface area contributed by atoms with E-state index in [0.717, 1.165) is 37.5 Å². The quantitative estimate of drug-likeness (QED) is 0.263. The van der Waals surface area contributed by atoms with Crippen molar-refractivity contribution in [2.75, 3.05) is 6.61 Å². The monoisotopic (exact) mass is 415 g/mol. The summed E-state index contributed by atoms with van der Waals surface area (Å²) in [6, 6.07) is 0. The molecule has 0 aromatic carbocycles. The van der Waals surface area contributed by atoms with Crippen molar-refractivity contribution in [3.05, 3.63) is 11.6 Å². The fourth-order valence-corrected chi connectivity index (χ4v) is 7.91. The molecule has 0 unspecified atom stereocenters. The van der Waals surface area contributed by atoms with Gasteiger partial charge in [-0.15, -0.1) is 0 Å². The summed E-state index contributed by atoms with van der Waals surface area (Å²) < 4.78 is 0. The molecule has 4 aliphatic carbocycles. The maximum Gasteiger partial charge on any atom is 0.315 e. The lowest BCUT2D eigenvalue weighted by Gasteiger charge is -2.57. The van der Waals surface area contributed by atoms with Gasteiger partial charge in [-0.1, -0.05) is 64.3 Å². The molecule has 0 saturated heterocycles. The van der Waals surface area contributed by atoms with Gasteiger partial charge >= 0.3 is 5.97 Å². The van der Waals surface area contributed by atoms with Gasteiger partial charge in [0, 0.05) is 5.41 Å². The zero-order chi connectivity index (χ0) is 21.9. The number of aliphatic carboxylic acids is 1. The average Bonchev–Trinajstić information content (AvgIpc) is 3.28. The minimum absolute atomic E-state index is 0.0324. The number of hydrogen-bond donors (Lipinski definition) is 1. The number of carbonyl (C=O) groups is 2. The van der Waals surface area contributed by atoms with E-state index >= 15 is 0 Å². The Morgan fingerprint density at radius 2 is 2.03 bits per heavy atom. The predicted octanol–water partition coefficient (Wildman–Crippen LogP) is 4.96. The fraction of sp³-hybridized carbons (Fsp3) is 0.800. The largest absolute Gasteiger partial charge is 0.481 e. The number of carboxylic acids is 1. The summed E-state index contributed by atoms with van der Waals surface area (Å²) in [6.45, 7) is 11.2. The van der Waals surface area contributed by atoms with Crippen LogP contribution in [0, 0.1) is 51.8 Å². The molecule has 0 amide bonds. The van der Waals surface area contributed by atoms with Crippen molar-refractivity contribution in [2.24, 2.45) is 56.9 Å². The smallest absolute Gasteiger partial charge is 0.315 e. The van der Waals surface area contributed by atoms with Crippen LogP contribution in [0.3, 0.4) is 0 Å². The summed E-state index contributed by atoms with van der Waals surface area (Å²) in [5.41, 5.74) is -1.78. The van der Waals surface area contributed by atoms with E-state index in [4.69, 9.17) is 4.84 Å². The molecule has 3 fully saturated rings. The van der Waals surface area contributed by atoms with Gasteiger partial charge in [-0.05, 0) is 54.8 Å². The van der Waals surface area contributed by atoms with Crippen molar-refractivity contribution in [1.29, 1.82) is 0 Å². The molecule has 0 radical (unpaired) electrons. The second kappa shape index (κ2) is 7.20. The number of allylic oxidation sites excluding steroid dienone is 1. The van der Waals surface area contributed by atoms with Crippen molar-refractivity contribution >= 4 is 18.5 Å². The van der Waals surface area contributed by atoms with Crippen molar-refractivity contribution < 1.29 is 19.5 Å². The Kier molecular flexibility index (Phi) is 5.18. The number of fused-ring (bicyclic) bond motifs is 2. The van der Waals surface area contributed by atoms with E-state index in [2.05, 4.69) is 45.9 Å². The third-order valence-corrected chi connectivity index (χ3v) is 9.41. The number of oxime groups is 1. The van der Waals surface area contributed by atoms with E-state index in [9.17, 15) is 14.7 Å². The third kappa shape index (κ3) is 2.38. The maximum absolute atomic E-state index is 13.2. The molecule has 4 aliphatic rings. The molecule has 166 valence electrons. The zero-order valence-electron chi connectivity index (χ0n) is 19.1. The SMILES string of the molecule is CC[C@@H](C)CON=C[C@@]12C[C@@H]3[C@H](C)CC[C@H]3[C@@]3(C=O)C[C@@H]1C=C(C(C)C)[C@]32C(=O)O. The molecule has 30 heavy (non-hydrogen) atoms. The molecular formula is C25H37NO4. The summed E-state index contributed by atoms with van der Waals surface area (Å²) in [5.74, 6) is 0.692. The van der Waals surface area contributed by atoms with Gasteiger partial charge in [-0.3, -0.25) is 4.79 Å². The summed E-state index contributed by atoms with van der Waals surface area (Å²) in [5, 5.41) is 15.2. The summed E-state index contributed by atoms with van der Waals surface area (Å²) in [4.78, 5) is 31.8. The highest BCUT2D eigenvalue weighted by atomic mass is 16.6. The summed E-state index contributed by atoms with van der Waals surface area (Å²) in [6.07, 6.45) is 9.52. The first kappa shape index (κ1) is 21.6. The lowest BCUT2D eigenvalue weighted by Crippen LogP contribution is -2.63. The van der Waals surface area contributed by atoms with Crippen LogP contribution in [-0.2, 0) is 14.4 Å². The lowest BCUT2D eigenvalue weighted by atomic mass is 9.43. The Hall–Kier alpha value is -1.65. The van der Waals surface area contributed by atoms with Crippen LogP contribution in [0.2, 0.25) is 0 Å². The Labute approximate surface area is 180 Å². The van der Waals surface area contributed by atoms with Crippen molar-refractivity contribution in [1.82, 2.24) is 0 Å². The molecule has 0 spiro atoms. The Morgan fingerprint density at radius 1 is 1.30 bits per heavy atom. The Balaban J connectivity index is 1.86. The molecule has 0 aromatic heterocycles. The lowest BCUT2D eigenvalue weighted by molar-refractivity contribution is -0.173. The minimum atomic E-state index is -1.20. The first-order chi connectivity index (χ1) is 14.2. The molecule has 0 aromatic rings. The van der Waals surface area contributed by atoms with Crippen LogP contribution in [0.1, 0.15) is 66.7 Å². The fourth-order valence-electron chi connectivity index (χ4n) is 7.91. The highest BCUT2D eigenvalue weighted by molar-refractivity contribution is 5.96. The predicted molar refractivity (Wildman–Crippen MR) is 116 cm³/mol. The van der Waals surface area contributed by atoms with E-state index in [-0.39, 0.29) is 17.8 Å². The molecule has 4 bridgehead atoms. The molecule has 8 atom stereocenters. The van der Waals surface area contributed by atoms with Gasteiger partial charge < -0.3 is 14.7 Å². The number of aldehydes is 1. The van der Waals surface area contributed by atoms with Crippen LogP contribution >= 0.6 is 0 Å². The molecule has 4 rings (SSSR count). The maximum atomic E-state index is 13.2. The summed E-state index contributed by atoms with van der Waals surface area (Å²) in [7, 11) is 0. The molecule has 0 heterocycles. The standard InChI is InChI=1S/C25H37NO4/c1-6-16(4)12-30-26-13-23-11-19-17(5)7-8-20(19)24(14-27)10-18(23)9-21(15(2)3)25(23,24)22(28)29/h9,13-20H,6-8,10-12H2,1-5H3,(H,28,29)/t16-,17-,18+,19-,20-,23+,24+,25-/m1/s1. The van der Waals surface area contributed by atoms with Crippen molar-refractivity contribution in [2.45, 2.75) is 66.7 Å². The molecule has 1 N–H and O–H groups in total. The van der Waals surface area contributed by atoms with Crippen molar-refractivity contribution in [3.8, 4) is 0 Å². The Morgan fingerprint density at radius 3 is 2.63 bits per heavy atom. The van der Waals surface area contributed by atoms with Crippen LogP contribution in [-0.4, -0.2) is 30.2 Å². The normalized spacial score (nSPS) is 44.9.